The molecule has 0 spiro atoms. The summed E-state index contributed by atoms with van der Waals surface area (Å²) in [7, 11) is 0. The first-order chi connectivity index (χ1) is 12.8. The summed E-state index contributed by atoms with van der Waals surface area (Å²) in [6.45, 7) is 1.40. The van der Waals surface area contributed by atoms with Crippen molar-refractivity contribution in [1.82, 2.24) is 5.32 Å². The van der Waals surface area contributed by atoms with Crippen molar-refractivity contribution in [1.29, 1.82) is 0 Å². The number of nitrogens with one attached hydrogen (secondary N) is 1. The third-order valence-corrected chi connectivity index (χ3v) is 4.46. The van der Waals surface area contributed by atoms with Crippen LogP contribution in [0.25, 0.3) is 0 Å². The largest absolute Gasteiger partial charge is 0.481 e. The van der Waals surface area contributed by atoms with E-state index in [1.807, 2.05) is 0 Å². The van der Waals surface area contributed by atoms with Crippen molar-refractivity contribution in [3.8, 4) is 0 Å². The molecule has 3 N–H and O–H groups in total. The Morgan fingerprint density at radius 2 is 1.15 bits per heavy atom. The zero-order valence-corrected chi connectivity index (χ0v) is 16.5. The second-order valence-electron chi connectivity index (χ2n) is 7.13. The highest BCUT2D eigenvalue weighted by atomic mass is 16.4. The van der Waals surface area contributed by atoms with E-state index < -0.39 is 18.0 Å². The zero-order valence-electron chi connectivity index (χ0n) is 16.5. The maximum atomic E-state index is 11.8. The Hall–Kier alpha value is -1.92. The van der Waals surface area contributed by atoms with Gasteiger partial charge >= 0.3 is 11.9 Å². The number of hydrogen-bond donors (Lipinski definition) is 3. The highest BCUT2D eigenvalue weighted by Gasteiger charge is 2.19. The van der Waals surface area contributed by atoms with Gasteiger partial charge in [0.1, 0.15) is 11.8 Å². The van der Waals surface area contributed by atoms with Crippen LogP contribution in [0.2, 0.25) is 0 Å². The minimum Gasteiger partial charge on any atom is -0.481 e. The molecule has 0 fully saturated rings. The van der Waals surface area contributed by atoms with E-state index in [0.717, 1.165) is 64.2 Å². The highest BCUT2D eigenvalue weighted by Crippen LogP contribution is 2.12. The van der Waals surface area contributed by atoms with Crippen molar-refractivity contribution in [2.45, 2.75) is 103 Å². The number of carbonyl (C=O) groups excluding carboxylic acids is 2. The first-order valence-corrected chi connectivity index (χ1v) is 10.1. The van der Waals surface area contributed by atoms with E-state index in [-0.39, 0.29) is 31.0 Å². The average molecular weight is 386 g/mol. The Balaban J connectivity index is 3.55. The average Bonchev–Trinajstić information content (AvgIpc) is 2.58. The van der Waals surface area contributed by atoms with Crippen LogP contribution >= 0.6 is 0 Å². The van der Waals surface area contributed by atoms with Crippen LogP contribution in [0, 0.1) is 0 Å². The molecular weight excluding hydrogens is 350 g/mol. The molecule has 27 heavy (non-hydrogen) atoms. The Bertz CT molecular complexity index is 463. The topological polar surface area (TPSA) is 121 Å². The van der Waals surface area contributed by atoms with Crippen molar-refractivity contribution in [3.63, 3.8) is 0 Å². The lowest BCUT2D eigenvalue weighted by Crippen LogP contribution is -2.40. The van der Waals surface area contributed by atoms with Gasteiger partial charge in [-0.1, -0.05) is 51.4 Å². The zero-order chi connectivity index (χ0) is 20.5. The molecule has 0 saturated heterocycles. The van der Waals surface area contributed by atoms with Gasteiger partial charge in [0.25, 0.3) is 0 Å². The predicted molar refractivity (Wildman–Crippen MR) is 103 cm³/mol. The van der Waals surface area contributed by atoms with Gasteiger partial charge in [0.2, 0.25) is 5.91 Å². The fourth-order valence-corrected chi connectivity index (χ4v) is 2.85. The summed E-state index contributed by atoms with van der Waals surface area (Å²) >= 11 is 0. The smallest absolute Gasteiger partial charge is 0.326 e. The van der Waals surface area contributed by atoms with E-state index in [1.54, 1.807) is 0 Å². The summed E-state index contributed by atoms with van der Waals surface area (Å²) in [5.74, 6) is -2.19. The number of carbonyl (C=O) groups is 4. The molecule has 1 atom stereocenters. The monoisotopic (exact) mass is 385 g/mol. The molecule has 0 aromatic heterocycles. The summed E-state index contributed by atoms with van der Waals surface area (Å²) in [5, 5.41) is 20.1. The van der Waals surface area contributed by atoms with Crippen LogP contribution in [0.15, 0.2) is 0 Å². The SMILES string of the molecule is CC(=O)CC[C@H](NC(=O)CCCCCCCCCCCCC(=O)O)C(=O)O. The lowest BCUT2D eigenvalue weighted by Gasteiger charge is -2.13. The number of rotatable bonds is 18. The van der Waals surface area contributed by atoms with Crippen molar-refractivity contribution in [2.24, 2.45) is 0 Å². The lowest BCUT2D eigenvalue weighted by molar-refractivity contribution is -0.142. The number of carboxylic acids is 2. The summed E-state index contributed by atoms with van der Waals surface area (Å²) in [6.07, 6.45) is 11.0. The Morgan fingerprint density at radius 1 is 0.704 bits per heavy atom. The molecule has 156 valence electrons. The number of aliphatic carboxylic acids is 2. The van der Waals surface area contributed by atoms with Gasteiger partial charge in [0.15, 0.2) is 0 Å². The lowest BCUT2D eigenvalue weighted by atomic mass is 10.0. The maximum absolute atomic E-state index is 11.8. The molecular formula is C20H35NO6. The van der Waals surface area contributed by atoms with E-state index in [9.17, 15) is 19.2 Å². The number of amides is 1. The molecule has 0 aromatic rings. The first kappa shape index (κ1) is 25.1. The molecule has 0 saturated carbocycles. The van der Waals surface area contributed by atoms with Gasteiger partial charge in [0.05, 0.1) is 0 Å². The normalized spacial score (nSPS) is 11.7. The van der Waals surface area contributed by atoms with E-state index >= 15 is 0 Å². The summed E-state index contributed by atoms with van der Waals surface area (Å²) in [4.78, 5) is 44.2. The summed E-state index contributed by atoms with van der Waals surface area (Å²) in [6, 6.07) is -0.989. The molecule has 0 bridgehead atoms. The predicted octanol–water partition coefficient (Wildman–Crippen LogP) is 3.69. The Kier molecular flexibility index (Phi) is 15.1. The van der Waals surface area contributed by atoms with E-state index in [2.05, 4.69) is 5.32 Å². The minimum absolute atomic E-state index is 0.0873. The first-order valence-electron chi connectivity index (χ1n) is 10.1. The second kappa shape index (κ2) is 16.3. The third kappa shape index (κ3) is 17.3. The number of carboxylic acid groups (broad SMARTS) is 2. The number of ketones is 1. The van der Waals surface area contributed by atoms with Gasteiger partial charge in [-0.2, -0.15) is 0 Å². The van der Waals surface area contributed by atoms with Crippen LogP contribution in [0.5, 0.6) is 0 Å². The second-order valence-corrected chi connectivity index (χ2v) is 7.13. The van der Waals surface area contributed by atoms with Crippen LogP contribution in [0.4, 0.5) is 0 Å². The maximum Gasteiger partial charge on any atom is 0.326 e. The molecule has 0 aliphatic heterocycles. The minimum atomic E-state index is -1.10. The van der Waals surface area contributed by atoms with E-state index in [4.69, 9.17) is 10.2 Å². The molecule has 0 heterocycles. The van der Waals surface area contributed by atoms with Crippen LogP contribution in [-0.2, 0) is 19.2 Å². The van der Waals surface area contributed by atoms with Gasteiger partial charge in [-0.25, -0.2) is 4.79 Å². The van der Waals surface area contributed by atoms with Crippen molar-refractivity contribution in [3.05, 3.63) is 0 Å². The van der Waals surface area contributed by atoms with Gasteiger partial charge < -0.3 is 20.3 Å². The van der Waals surface area contributed by atoms with Crippen LogP contribution in [0.3, 0.4) is 0 Å². The third-order valence-electron chi connectivity index (χ3n) is 4.46. The van der Waals surface area contributed by atoms with Crippen molar-refractivity contribution >= 4 is 23.6 Å². The molecule has 7 heteroatoms. The molecule has 0 aromatic carbocycles. The van der Waals surface area contributed by atoms with Crippen molar-refractivity contribution < 1.29 is 29.4 Å². The summed E-state index contributed by atoms with van der Waals surface area (Å²) < 4.78 is 0. The fraction of sp³-hybridized carbons (Fsp3) is 0.800. The molecule has 0 aliphatic rings. The fourth-order valence-electron chi connectivity index (χ4n) is 2.85. The van der Waals surface area contributed by atoms with E-state index in [0.29, 0.717) is 6.42 Å². The van der Waals surface area contributed by atoms with E-state index in [1.165, 1.54) is 6.92 Å². The van der Waals surface area contributed by atoms with Gasteiger partial charge in [-0.15, -0.1) is 0 Å². The molecule has 0 radical (unpaired) electrons. The quantitative estimate of drug-likeness (QED) is 0.309. The number of unbranched alkanes of at least 4 members (excludes halogenated alkanes) is 9. The molecule has 1 amide bonds. The van der Waals surface area contributed by atoms with Gasteiger partial charge in [0, 0.05) is 19.3 Å². The number of Topliss-reactive ketones (excluding diaryl/α,β-unsaturated/α-hetero) is 1. The Labute approximate surface area is 161 Å². The molecule has 7 nitrogen and oxygen atoms in total. The van der Waals surface area contributed by atoms with Gasteiger partial charge in [-0.05, 0) is 26.2 Å². The molecule has 0 rings (SSSR count). The van der Waals surface area contributed by atoms with Crippen molar-refractivity contribution in [2.75, 3.05) is 0 Å². The van der Waals surface area contributed by atoms with Crippen LogP contribution < -0.4 is 5.32 Å². The molecule has 0 aliphatic carbocycles. The van der Waals surface area contributed by atoms with Gasteiger partial charge in [-0.3, -0.25) is 9.59 Å². The highest BCUT2D eigenvalue weighted by molar-refractivity contribution is 5.84. The number of hydrogen-bond acceptors (Lipinski definition) is 4. The summed E-state index contributed by atoms with van der Waals surface area (Å²) in [5.41, 5.74) is 0. The Morgan fingerprint density at radius 3 is 1.56 bits per heavy atom. The van der Waals surface area contributed by atoms with Crippen LogP contribution in [-0.4, -0.2) is 39.9 Å². The molecule has 0 unspecified atom stereocenters. The van der Waals surface area contributed by atoms with Crippen LogP contribution in [0.1, 0.15) is 96.8 Å². The standard InChI is InChI=1S/C20H35NO6/c1-16(22)14-15-17(20(26)27)21-18(23)12-10-8-6-4-2-3-5-7-9-11-13-19(24)25/h17H,2-15H2,1H3,(H,21,23)(H,24,25)(H,26,27)/t17-/m0/s1.